The molecule has 6 heteroatoms. The van der Waals surface area contributed by atoms with Gasteiger partial charge in [0.15, 0.2) is 5.16 Å². The summed E-state index contributed by atoms with van der Waals surface area (Å²) in [7, 11) is 1.96. The summed E-state index contributed by atoms with van der Waals surface area (Å²) in [6, 6.07) is 7.56. The summed E-state index contributed by atoms with van der Waals surface area (Å²) in [5.41, 5.74) is 1.68. The molecule has 130 valence electrons. The average molecular weight is 347 g/mol. The van der Waals surface area contributed by atoms with Gasteiger partial charge in [0.25, 0.3) is 5.91 Å². The summed E-state index contributed by atoms with van der Waals surface area (Å²) in [5, 5.41) is 13.6. The van der Waals surface area contributed by atoms with E-state index in [1.165, 1.54) is 0 Å². The van der Waals surface area contributed by atoms with Crippen LogP contribution in [0.1, 0.15) is 36.2 Å². The van der Waals surface area contributed by atoms with Gasteiger partial charge in [0, 0.05) is 37.3 Å². The van der Waals surface area contributed by atoms with Gasteiger partial charge in [-0.2, -0.15) is 0 Å². The molecule has 2 rings (SSSR count). The van der Waals surface area contributed by atoms with Crippen molar-refractivity contribution in [1.29, 1.82) is 0 Å². The summed E-state index contributed by atoms with van der Waals surface area (Å²) < 4.78 is 1.97. The molecule has 0 aliphatic rings. The molecular formula is C18H25N3O2S. The lowest BCUT2D eigenvalue weighted by Gasteiger charge is -2.14. The lowest BCUT2D eigenvalue weighted by molar-refractivity contribution is 0.0900. The number of hydrogen-bond acceptors (Lipinski definition) is 4. The molecule has 1 heterocycles. The van der Waals surface area contributed by atoms with E-state index in [9.17, 15) is 9.90 Å². The van der Waals surface area contributed by atoms with Crippen molar-refractivity contribution in [3.05, 3.63) is 47.8 Å². The maximum atomic E-state index is 12.2. The summed E-state index contributed by atoms with van der Waals surface area (Å²) in [6.07, 6.45) is 3.86. The molecule has 0 saturated heterocycles. The second-order valence-electron chi connectivity index (χ2n) is 6.30. The monoisotopic (exact) mass is 347 g/mol. The first-order chi connectivity index (χ1) is 11.5. The standard InChI is InChI=1S/C18H25N3O2S/c1-13(2)9-16(22)11-20-17(23)15-6-4-5-14(10-15)12-24-18-19-7-8-21(18)3/h4-8,10,13,16,22H,9,11-12H2,1-3H3,(H,20,23). The normalized spacial score (nSPS) is 12.4. The van der Waals surface area contributed by atoms with Crippen molar-refractivity contribution in [2.45, 2.75) is 37.3 Å². The predicted molar refractivity (Wildman–Crippen MR) is 97.0 cm³/mol. The first-order valence-electron chi connectivity index (χ1n) is 8.11. The van der Waals surface area contributed by atoms with Crippen LogP contribution in [0.4, 0.5) is 0 Å². The van der Waals surface area contributed by atoms with Crippen molar-refractivity contribution in [3.8, 4) is 0 Å². The fourth-order valence-corrected chi connectivity index (χ4v) is 3.26. The number of aromatic nitrogens is 2. The summed E-state index contributed by atoms with van der Waals surface area (Å²) in [4.78, 5) is 16.5. The number of imidazole rings is 1. The zero-order valence-electron chi connectivity index (χ0n) is 14.4. The minimum atomic E-state index is -0.504. The molecule has 0 fully saturated rings. The molecule has 2 aromatic rings. The van der Waals surface area contributed by atoms with Gasteiger partial charge < -0.3 is 15.0 Å². The van der Waals surface area contributed by atoms with Crippen LogP contribution in [0.3, 0.4) is 0 Å². The highest BCUT2D eigenvalue weighted by atomic mass is 32.2. The number of aliphatic hydroxyl groups is 1. The van der Waals surface area contributed by atoms with Gasteiger partial charge in [-0.3, -0.25) is 4.79 Å². The Labute approximate surface area is 147 Å². The van der Waals surface area contributed by atoms with Gasteiger partial charge in [-0.25, -0.2) is 4.98 Å². The fourth-order valence-electron chi connectivity index (χ4n) is 2.38. The Balaban J connectivity index is 1.89. The van der Waals surface area contributed by atoms with Crippen molar-refractivity contribution >= 4 is 17.7 Å². The molecule has 1 atom stereocenters. The third-order valence-corrected chi connectivity index (χ3v) is 4.71. The topological polar surface area (TPSA) is 67.2 Å². The number of carbonyl (C=O) groups excluding carboxylic acids is 1. The largest absolute Gasteiger partial charge is 0.391 e. The SMILES string of the molecule is CC(C)CC(O)CNC(=O)c1cccc(CSc2nccn2C)c1. The molecule has 1 unspecified atom stereocenters. The second kappa shape index (κ2) is 8.89. The van der Waals surface area contributed by atoms with Crippen LogP contribution in [0.2, 0.25) is 0 Å². The smallest absolute Gasteiger partial charge is 0.251 e. The number of aliphatic hydroxyl groups excluding tert-OH is 1. The number of thioether (sulfide) groups is 1. The van der Waals surface area contributed by atoms with Crippen LogP contribution >= 0.6 is 11.8 Å². The number of nitrogens with zero attached hydrogens (tertiary/aromatic N) is 2. The Morgan fingerprint density at radius 2 is 2.21 bits per heavy atom. The van der Waals surface area contributed by atoms with Crippen molar-refractivity contribution in [1.82, 2.24) is 14.9 Å². The maximum Gasteiger partial charge on any atom is 0.251 e. The van der Waals surface area contributed by atoms with Gasteiger partial charge in [0.1, 0.15) is 0 Å². The number of amides is 1. The summed E-state index contributed by atoms with van der Waals surface area (Å²) >= 11 is 1.63. The van der Waals surface area contributed by atoms with E-state index in [4.69, 9.17) is 0 Å². The molecule has 5 nitrogen and oxygen atoms in total. The number of hydrogen-bond donors (Lipinski definition) is 2. The number of rotatable bonds is 8. The third kappa shape index (κ3) is 5.69. The Morgan fingerprint density at radius 1 is 1.42 bits per heavy atom. The molecule has 1 aromatic heterocycles. The highest BCUT2D eigenvalue weighted by Crippen LogP contribution is 2.21. The van der Waals surface area contributed by atoms with Crippen LogP contribution in [0.25, 0.3) is 0 Å². The van der Waals surface area contributed by atoms with E-state index in [2.05, 4.69) is 10.3 Å². The average Bonchev–Trinajstić information content (AvgIpc) is 2.95. The van der Waals surface area contributed by atoms with E-state index in [1.54, 1.807) is 24.0 Å². The Bertz CT molecular complexity index is 670. The zero-order valence-corrected chi connectivity index (χ0v) is 15.2. The molecule has 0 saturated carbocycles. The highest BCUT2D eigenvalue weighted by molar-refractivity contribution is 7.98. The predicted octanol–water partition coefficient (Wildman–Crippen LogP) is 2.85. The van der Waals surface area contributed by atoms with Crippen LogP contribution in [0.5, 0.6) is 0 Å². The molecular weight excluding hydrogens is 322 g/mol. The van der Waals surface area contributed by atoms with E-state index in [-0.39, 0.29) is 12.5 Å². The maximum absolute atomic E-state index is 12.2. The minimum absolute atomic E-state index is 0.151. The third-order valence-electron chi connectivity index (χ3n) is 3.58. The van der Waals surface area contributed by atoms with Crippen molar-refractivity contribution in [3.63, 3.8) is 0 Å². The van der Waals surface area contributed by atoms with Crippen LogP contribution in [-0.4, -0.2) is 33.2 Å². The van der Waals surface area contributed by atoms with E-state index < -0.39 is 6.10 Å². The lowest BCUT2D eigenvalue weighted by atomic mass is 10.1. The van der Waals surface area contributed by atoms with Gasteiger partial charge >= 0.3 is 0 Å². The Kier molecular flexibility index (Phi) is 6.87. The minimum Gasteiger partial charge on any atom is -0.391 e. The zero-order chi connectivity index (χ0) is 17.5. The van der Waals surface area contributed by atoms with Crippen LogP contribution in [0, 0.1) is 5.92 Å². The molecule has 0 aliphatic carbocycles. The van der Waals surface area contributed by atoms with Gasteiger partial charge in [0.2, 0.25) is 0 Å². The molecule has 2 N–H and O–H groups in total. The second-order valence-corrected chi connectivity index (χ2v) is 7.25. The van der Waals surface area contributed by atoms with Gasteiger partial charge in [-0.15, -0.1) is 0 Å². The molecule has 0 aliphatic heterocycles. The Morgan fingerprint density at radius 3 is 2.88 bits per heavy atom. The highest BCUT2D eigenvalue weighted by Gasteiger charge is 2.11. The molecule has 1 aromatic carbocycles. The molecule has 1 amide bonds. The van der Waals surface area contributed by atoms with Crippen LogP contribution in [0.15, 0.2) is 41.8 Å². The van der Waals surface area contributed by atoms with Gasteiger partial charge in [-0.1, -0.05) is 37.7 Å². The summed E-state index contributed by atoms with van der Waals surface area (Å²) in [6.45, 7) is 4.38. The van der Waals surface area contributed by atoms with E-state index in [0.717, 1.165) is 16.5 Å². The number of aryl methyl sites for hydroxylation is 1. The van der Waals surface area contributed by atoms with Gasteiger partial charge in [-0.05, 0) is 30.0 Å². The summed E-state index contributed by atoms with van der Waals surface area (Å²) in [5.74, 6) is 1.01. The van der Waals surface area contributed by atoms with E-state index >= 15 is 0 Å². The molecule has 0 bridgehead atoms. The van der Waals surface area contributed by atoms with Crippen molar-refractivity contribution < 1.29 is 9.90 Å². The molecule has 0 spiro atoms. The van der Waals surface area contributed by atoms with Crippen LogP contribution < -0.4 is 5.32 Å². The quantitative estimate of drug-likeness (QED) is 0.721. The number of carbonyl (C=O) groups is 1. The van der Waals surface area contributed by atoms with Crippen molar-refractivity contribution in [2.24, 2.45) is 13.0 Å². The first-order valence-corrected chi connectivity index (χ1v) is 9.09. The number of benzene rings is 1. The molecule has 24 heavy (non-hydrogen) atoms. The fraction of sp³-hybridized carbons (Fsp3) is 0.444. The number of nitrogens with one attached hydrogen (secondary N) is 1. The first kappa shape index (κ1) is 18.5. The van der Waals surface area contributed by atoms with Gasteiger partial charge in [0.05, 0.1) is 6.10 Å². The van der Waals surface area contributed by atoms with Crippen LogP contribution in [-0.2, 0) is 12.8 Å². The van der Waals surface area contributed by atoms with Crippen molar-refractivity contribution in [2.75, 3.05) is 6.54 Å². The lowest BCUT2D eigenvalue weighted by Crippen LogP contribution is -2.32. The van der Waals surface area contributed by atoms with E-state index in [0.29, 0.717) is 17.9 Å². The molecule has 0 radical (unpaired) electrons. The Hall–Kier alpha value is -1.79. The van der Waals surface area contributed by atoms with E-state index in [1.807, 2.05) is 49.9 Å².